The first-order valence-electron chi connectivity index (χ1n) is 7.93. The molecule has 3 rings (SSSR count). The van der Waals surface area contributed by atoms with E-state index in [9.17, 15) is 9.59 Å². The Bertz CT molecular complexity index is 544. The molecule has 2 fully saturated rings. The van der Waals surface area contributed by atoms with Crippen molar-refractivity contribution in [3.8, 4) is 0 Å². The summed E-state index contributed by atoms with van der Waals surface area (Å²) in [6, 6.07) is 5.76. The van der Waals surface area contributed by atoms with Crippen molar-refractivity contribution in [2.45, 2.75) is 25.6 Å². The summed E-state index contributed by atoms with van der Waals surface area (Å²) in [6.07, 6.45) is 3.12. The number of amides is 2. The summed E-state index contributed by atoms with van der Waals surface area (Å²) < 4.78 is 10.7. The Morgan fingerprint density at radius 3 is 2.78 bits per heavy atom. The average molecular weight is 319 g/mol. The minimum Gasteiger partial charge on any atom is -0.448 e. The van der Waals surface area contributed by atoms with Gasteiger partial charge in [-0.1, -0.05) is 6.07 Å². The standard InChI is InChI=1S/C16H21N3O4/c20-15(11-19-9-10-22-16(19)21)18-7-4-14(5-8-18)23-12-13-3-1-2-6-17-13/h1-3,6,14H,4-5,7-12H2. The quantitative estimate of drug-likeness (QED) is 0.811. The van der Waals surface area contributed by atoms with Crippen LogP contribution < -0.4 is 0 Å². The van der Waals surface area contributed by atoms with Crippen LogP contribution in [0.3, 0.4) is 0 Å². The summed E-state index contributed by atoms with van der Waals surface area (Å²) in [7, 11) is 0. The number of pyridine rings is 1. The van der Waals surface area contributed by atoms with Gasteiger partial charge in [0.15, 0.2) is 0 Å². The average Bonchev–Trinajstić information content (AvgIpc) is 2.99. The summed E-state index contributed by atoms with van der Waals surface area (Å²) in [6.45, 7) is 2.80. The predicted molar refractivity (Wildman–Crippen MR) is 81.5 cm³/mol. The van der Waals surface area contributed by atoms with Gasteiger partial charge in [-0.2, -0.15) is 0 Å². The summed E-state index contributed by atoms with van der Waals surface area (Å²) in [5, 5.41) is 0. The van der Waals surface area contributed by atoms with Crippen LogP contribution in [0.4, 0.5) is 4.79 Å². The summed E-state index contributed by atoms with van der Waals surface area (Å²) in [5.74, 6) is -0.0213. The number of piperidine rings is 1. The Labute approximate surface area is 135 Å². The Kier molecular flexibility index (Phi) is 5.07. The van der Waals surface area contributed by atoms with Crippen molar-refractivity contribution >= 4 is 12.0 Å². The minimum atomic E-state index is -0.396. The van der Waals surface area contributed by atoms with Gasteiger partial charge in [-0.3, -0.25) is 14.7 Å². The molecule has 1 aromatic rings. The van der Waals surface area contributed by atoms with Crippen LogP contribution in [-0.2, 0) is 20.9 Å². The zero-order chi connectivity index (χ0) is 16.1. The molecule has 0 N–H and O–H groups in total. The van der Waals surface area contributed by atoms with Gasteiger partial charge < -0.3 is 14.4 Å². The van der Waals surface area contributed by atoms with E-state index >= 15 is 0 Å². The maximum absolute atomic E-state index is 12.2. The molecule has 0 spiro atoms. The third kappa shape index (κ3) is 4.19. The number of carbonyl (C=O) groups is 2. The van der Waals surface area contributed by atoms with Crippen LogP contribution in [0, 0.1) is 0 Å². The van der Waals surface area contributed by atoms with E-state index in [-0.39, 0.29) is 18.6 Å². The van der Waals surface area contributed by atoms with Crippen molar-refractivity contribution in [1.82, 2.24) is 14.8 Å². The highest BCUT2D eigenvalue weighted by Crippen LogP contribution is 2.16. The van der Waals surface area contributed by atoms with E-state index in [2.05, 4.69) is 4.98 Å². The molecule has 0 unspecified atom stereocenters. The molecule has 0 atom stereocenters. The van der Waals surface area contributed by atoms with Gasteiger partial charge in [0.05, 0.1) is 24.9 Å². The van der Waals surface area contributed by atoms with Gasteiger partial charge in [0.2, 0.25) is 5.91 Å². The van der Waals surface area contributed by atoms with Crippen LogP contribution >= 0.6 is 0 Å². The fourth-order valence-corrected chi connectivity index (χ4v) is 2.79. The molecule has 0 aromatic carbocycles. The third-order valence-corrected chi connectivity index (χ3v) is 4.16. The SMILES string of the molecule is O=C(CN1CCOC1=O)N1CCC(OCc2ccccn2)CC1. The number of hydrogen-bond donors (Lipinski definition) is 0. The molecule has 0 bridgehead atoms. The number of hydrogen-bond acceptors (Lipinski definition) is 5. The molecule has 2 aliphatic heterocycles. The zero-order valence-electron chi connectivity index (χ0n) is 13.0. The lowest BCUT2D eigenvalue weighted by Gasteiger charge is -2.32. The first-order valence-corrected chi connectivity index (χ1v) is 7.93. The largest absolute Gasteiger partial charge is 0.448 e. The normalized spacial score (nSPS) is 19.0. The van der Waals surface area contributed by atoms with Crippen LogP contribution in [0.2, 0.25) is 0 Å². The highest BCUT2D eigenvalue weighted by molar-refractivity contribution is 5.82. The molecule has 2 amide bonds. The lowest BCUT2D eigenvalue weighted by molar-refractivity contribution is -0.134. The van der Waals surface area contributed by atoms with E-state index in [1.165, 1.54) is 4.90 Å². The third-order valence-electron chi connectivity index (χ3n) is 4.16. The van der Waals surface area contributed by atoms with Crippen molar-refractivity contribution in [2.24, 2.45) is 0 Å². The second-order valence-corrected chi connectivity index (χ2v) is 5.75. The van der Waals surface area contributed by atoms with Crippen LogP contribution in [0.15, 0.2) is 24.4 Å². The fourth-order valence-electron chi connectivity index (χ4n) is 2.79. The Morgan fingerprint density at radius 1 is 1.30 bits per heavy atom. The molecule has 7 nitrogen and oxygen atoms in total. The van der Waals surface area contributed by atoms with E-state index in [0.29, 0.717) is 32.8 Å². The van der Waals surface area contributed by atoms with Gasteiger partial charge in [-0.05, 0) is 25.0 Å². The molecular formula is C16H21N3O4. The molecule has 2 aliphatic rings. The van der Waals surface area contributed by atoms with Gasteiger partial charge in [-0.25, -0.2) is 4.79 Å². The lowest BCUT2D eigenvalue weighted by atomic mass is 10.1. The molecule has 0 aliphatic carbocycles. The Balaban J connectivity index is 1.39. The molecule has 0 radical (unpaired) electrons. The lowest BCUT2D eigenvalue weighted by Crippen LogP contribution is -2.45. The molecule has 7 heteroatoms. The van der Waals surface area contributed by atoms with E-state index in [1.807, 2.05) is 18.2 Å². The molecular weight excluding hydrogens is 298 g/mol. The molecule has 124 valence electrons. The van der Waals surface area contributed by atoms with Crippen molar-refractivity contribution in [3.05, 3.63) is 30.1 Å². The van der Waals surface area contributed by atoms with Crippen molar-refractivity contribution in [3.63, 3.8) is 0 Å². The Hall–Kier alpha value is -2.15. The second-order valence-electron chi connectivity index (χ2n) is 5.75. The molecule has 1 aromatic heterocycles. The topological polar surface area (TPSA) is 72.0 Å². The van der Waals surface area contributed by atoms with Crippen molar-refractivity contribution in [2.75, 3.05) is 32.8 Å². The van der Waals surface area contributed by atoms with Gasteiger partial charge in [0.1, 0.15) is 13.2 Å². The van der Waals surface area contributed by atoms with E-state index in [4.69, 9.17) is 9.47 Å². The first-order chi connectivity index (χ1) is 11.2. The number of rotatable bonds is 5. The monoisotopic (exact) mass is 319 g/mol. The second kappa shape index (κ2) is 7.41. The number of nitrogens with zero attached hydrogens (tertiary/aromatic N) is 3. The predicted octanol–water partition coefficient (Wildman–Crippen LogP) is 1.04. The molecule has 3 heterocycles. The van der Waals surface area contributed by atoms with E-state index in [0.717, 1.165) is 18.5 Å². The first kappa shape index (κ1) is 15.7. The van der Waals surface area contributed by atoms with E-state index in [1.54, 1.807) is 11.1 Å². The maximum Gasteiger partial charge on any atom is 0.410 e. The number of aromatic nitrogens is 1. The summed E-state index contributed by atoms with van der Waals surface area (Å²) in [5.41, 5.74) is 0.915. The number of carbonyl (C=O) groups excluding carboxylic acids is 2. The smallest absolute Gasteiger partial charge is 0.410 e. The van der Waals surface area contributed by atoms with E-state index < -0.39 is 6.09 Å². The number of ether oxygens (including phenoxy) is 2. The van der Waals surface area contributed by atoms with Crippen molar-refractivity contribution in [1.29, 1.82) is 0 Å². The van der Waals surface area contributed by atoms with Gasteiger partial charge in [0.25, 0.3) is 0 Å². The maximum atomic E-state index is 12.2. The molecule has 23 heavy (non-hydrogen) atoms. The molecule has 0 saturated carbocycles. The van der Waals surface area contributed by atoms with Crippen LogP contribution in [-0.4, -0.2) is 65.7 Å². The van der Waals surface area contributed by atoms with Crippen LogP contribution in [0.5, 0.6) is 0 Å². The molecule has 2 saturated heterocycles. The van der Waals surface area contributed by atoms with Gasteiger partial charge in [-0.15, -0.1) is 0 Å². The fraction of sp³-hybridized carbons (Fsp3) is 0.562. The highest BCUT2D eigenvalue weighted by Gasteiger charge is 2.28. The minimum absolute atomic E-state index is 0.0213. The number of likely N-dealkylation sites (tertiary alicyclic amines) is 1. The van der Waals surface area contributed by atoms with Crippen LogP contribution in [0.25, 0.3) is 0 Å². The van der Waals surface area contributed by atoms with Gasteiger partial charge in [0, 0.05) is 19.3 Å². The Morgan fingerprint density at radius 2 is 2.13 bits per heavy atom. The van der Waals surface area contributed by atoms with Gasteiger partial charge >= 0.3 is 6.09 Å². The van der Waals surface area contributed by atoms with Crippen molar-refractivity contribution < 1.29 is 19.1 Å². The highest BCUT2D eigenvalue weighted by atomic mass is 16.6. The zero-order valence-corrected chi connectivity index (χ0v) is 13.0. The van der Waals surface area contributed by atoms with Crippen LogP contribution in [0.1, 0.15) is 18.5 Å². The summed E-state index contributed by atoms with van der Waals surface area (Å²) in [4.78, 5) is 31.1. The summed E-state index contributed by atoms with van der Waals surface area (Å²) >= 11 is 0. The number of cyclic esters (lactones) is 1.